The van der Waals surface area contributed by atoms with Crippen LogP contribution in [0, 0.1) is 6.92 Å². The van der Waals surface area contributed by atoms with E-state index in [9.17, 15) is 0 Å². The summed E-state index contributed by atoms with van der Waals surface area (Å²) in [5.41, 5.74) is 3.29. The zero-order valence-electron chi connectivity index (χ0n) is 16.3. The average Bonchev–Trinajstić information content (AvgIpc) is 2.67. The minimum absolute atomic E-state index is 0.307. The highest BCUT2D eigenvalue weighted by Gasteiger charge is 2.14. The average molecular weight is 362 g/mol. The predicted molar refractivity (Wildman–Crippen MR) is 111 cm³/mol. The predicted octanol–water partition coefficient (Wildman–Crippen LogP) is 4.95. The van der Waals surface area contributed by atoms with Gasteiger partial charge in [0.05, 0.1) is 12.8 Å². The molecule has 140 valence electrons. The number of hydrogen-bond donors (Lipinski definition) is 1. The van der Waals surface area contributed by atoms with E-state index < -0.39 is 0 Å². The van der Waals surface area contributed by atoms with Crippen molar-refractivity contribution in [3.05, 3.63) is 72.1 Å². The number of hydrogen-bond acceptors (Lipinski definition) is 5. The Bertz CT molecular complexity index is 880. The van der Waals surface area contributed by atoms with Gasteiger partial charge in [-0.15, -0.1) is 0 Å². The fourth-order valence-electron chi connectivity index (χ4n) is 2.94. The van der Waals surface area contributed by atoms with Crippen molar-refractivity contribution < 1.29 is 4.74 Å². The largest absolute Gasteiger partial charge is 0.495 e. The molecule has 0 aliphatic rings. The highest BCUT2D eigenvalue weighted by molar-refractivity contribution is 5.66. The summed E-state index contributed by atoms with van der Waals surface area (Å²) >= 11 is 0. The Morgan fingerprint density at radius 1 is 1.04 bits per heavy atom. The van der Waals surface area contributed by atoms with E-state index in [0.29, 0.717) is 6.04 Å². The maximum atomic E-state index is 5.45. The summed E-state index contributed by atoms with van der Waals surface area (Å²) in [4.78, 5) is 11.1. The Morgan fingerprint density at radius 3 is 2.52 bits per heavy atom. The highest BCUT2D eigenvalue weighted by atomic mass is 16.5. The quantitative estimate of drug-likeness (QED) is 0.644. The second kappa shape index (κ2) is 8.54. The maximum Gasteiger partial charge on any atom is 0.142 e. The lowest BCUT2D eigenvalue weighted by Gasteiger charge is -2.28. The molecule has 3 rings (SSSR count). The molecule has 0 bridgehead atoms. The van der Waals surface area contributed by atoms with Crippen LogP contribution in [0.2, 0.25) is 0 Å². The summed E-state index contributed by atoms with van der Waals surface area (Å²) in [5.74, 6) is 2.41. The number of anilines is 3. The lowest BCUT2D eigenvalue weighted by atomic mass is 10.2. The van der Waals surface area contributed by atoms with Crippen LogP contribution in [0.3, 0.4) is 0 Å². The number of benzene rings is 2. The summed E-state index contributed by atoms with van der Waals surface area (Å²) in [7, 11) is 1.67. The van der Waals surface area contributed by atoms with Crippen LogP contribution in [-0.4, -0.2) is 23.1 Å². The van der Waals surface area contributed by atoms with Gasteiger partial charge in [0.15, 0.2) is 0 Å². The van der Waals surface area contributed by atoms with E-state index in [1.54, 1.807) is 13.4 Å². The number of aromatic nitrogens is 2. The molecular weight excluding hydrogens is 336 g/mol. The van der Waals surface area contributed by atoms with E-state index in [-0.39, 0.29) is 0 Å². The van der Waals surface area contributed by atoms with Gasteiger partial charge in [0.25, 0.3) is 0 Å². The number of rotatable bonds is 7. The molecule has 0 aliphatic carbocycles. The summed E-state index contributed by atoms with van der Waals surface area (Å²) in [5, 5.41) is 3.36. The molecule has 0 unspecified atom stereocenters. The zero-order valence-corrected chi connectivity index (χ0v) is 16.3. The second-order valence-electron chi connectivity index (χ2n) is 6.80. The third-order valence-corrected chi connectivity index (χ3v) is 4.38. The van der Waals surface area contributed by atoms with Crippen LogP contribution in [0.5, 0.6) is 5.75 Å². The van der Waals surface area contributed by atoms with Gasteiger partial charge in [-0.1, -0.05) is 36.4 Å². The van der Waals surface area contributed by atoms with Crippen molar-refractivity contribution in [2.45, 2.75) is 33.4 Å². The number of methoxy groups -OCH3 is 1. The first kappa shape index (κ1) is 18.7. The zero-order chi connectivity index (χ0) is 19.2. The highest BCUT2D eigenvalue weighted by Crippen LogP contribution is 2.29. The van der Waals surface area contributed by atoms with Crippen LogP contribution < -0.4 is 15.0 Å². The monoisotopic (exact) mass is 362 g/mol. The van der Waals surface area contributed by atoms with Gasteiger partial charge in [0, 0.05) is 18.7 Å². The Morgan fingerprint density at radius 2 is 1.81 bits per heavy atom. The van der Waals surface area contributed by atoms with Crippen molar-refractivity contribution >= 4 is 17.3 Å². The smallest absolute Gasteiger partial charge is 0.142 e. The number of nitrogens with zero attached hydrogens (tertiary/aromatic N) is 3. The van der Waals surface area contributed by atoms with Gasteiger partial charge in [-0.25, -0.2) is 9.97 Å². The summed E-state index contributed by atoms with van der Waals surface area (Å²) in [6.45, 7) is 7.18. The Labute approximate surface area is 161 Å². The van der Waals surface area contributed by atoms with Crippen LogP contribution in [0.1, 0.15) is 25.0 Å². The SMILES string of the molecule is COc1ccc(C)cc1Nc1cc(N(Cc2ccccc2)C(C)C)ncn1. The van der Waals surface area contributed by atoms with Crippen molar-refractivity contribution in [2.75, 3.05) is 17.3 Å². The van der Waals surface area contributed by atoms with Crippen molar-refractivity contribution in [1.82, 2.24) is 9.97 Å². The van der Waals surface area contributed by atoms with E-state index >= 15 is 0 Å². The van der Waals surface area contributed by atoms with E-state index in [0.717, 1.165) is 35.2 Å². The van der Waals surface area contributed by atoms with Gasteiger partial charge in [0.1, 0.15) is 23.7 Å². The molecule has 0 saturated carbocycles. The topological polar surface area (TPSA) is 50.3 Å². The summed E-state index contributed by atoms with van der Waals surface area (Å²) in [6.07, 6.45) is 1.60. The summed E-state index contributed by atoms with van der Waals surface area (Å²) < 4.78 is 5.45. The fraction of sp³-hybridized carbons (Fsp3) is 0.273. The molecule has 0 fully saturated rings. The Kier molecular flexibility index (Phi) is 5.91. The van der Waals surface area contributed by atoms with Gasteiger partial charge < -0.3 is 15.0 Å². The van der Waals surface area contributed by atoms with E-state index in [2.05, 4.69) is 65.2 Å². The first-order chi connectivity index (χ1) is 13.1. The standard InChI is InChI=1S/C22H26N4O/c1-16(2)26(14-18-8-6-5-7-9-18)22-13-21(23-15-24-22)25-19-12-17(3)10-11-20(19)27-4/h5-13,15-16H,14H2,1-4H3,(H,23,24,25). The molecule has 5 heteroatoms. The first-order valence-corrected chi connectivity index (χ1v) is 9.11. The van der Waals surface area contributed by atoms with Crippen molar-refractivity contribution in [2.24, 2.45) is 0 Å². The van der Waals surface area contributed by atoms with Crippen molar-refractivity contribution in [3.8, 4) is 5.75 Å². The molecule has 0 saturated heterocycles. The van der Waals surface area contributed by atoms with Crippen LogP contribution in [0.25, 0.3) is 0 Å². The van der Waals surface area contributed by atoms with Gasteiger partial charge in [0.2, 0.25) is 0 Å². The minimum atomic E-state index is 0.307. The molecule has 27 heavy (non-hydrogen) atoms. The van der Waals surface area contributed by atoms with Crippen LogP contribution in [0.15, 0.2) is 60.9 Å². The number of ether oxygens (including phenoxy) is 1. The third kappa shape index (κ3) is 4.76. The van der Waals surface area contributed by atoms with Crippen molar-refractivity contribution in [3.63, 3.8) is 0 Å². The van der Waals surface area contributed by atoms with Gasteiger partial charge in [-0.2, -0.15) is 0 Å². The van der Waals surface area contributed by atoms with Crippen molar-refractivity contribution in [1.29, 1.82) is 0 Å². The fourth-order valence-corrected chi connectivity index (χ4v) is 2.94. The summed E-state index contributed by atoms with van der Waals surface area (Å²) in [6, 6.07) is 18.7. The van der Waals surface area contributed by atoms with Gasteiger partial charge in [-0.05, 0) is 44.0 Å². The lowest BCUT2D eigenvalue weighted by molar-refractivity contribution is 0.416. The molecule has 0 spiro atoms. The molecule has 2 aromatic carbocycles. The first-order valence-electron chi connectivity index (χ1n) is 9.11. The molecule has 0 radical (unpaired) electrons. The Balaban J connectivity index is 1.86. The molecular formula is C22H26N4O. The van der Waals surface area contributed by atoms with Crippen LogP contribution in [0.4, 0.5) is 17.3 Å². The third-order valence-electron chi connectivity index (χ3n) is 4.38. The van der Waals surface area contributed by atoms with Gasteiger partial charge in [-0.3, -0.25) is 0 Å². The molecule has 0 amide bonds. The van der Waals surface area contributed by atoms with Crippen LogP contribution in [-0.2, 0) is 6.54 Å². The molecule has 1 N–H and O–H groups in total. The lowest BCUT2D eigenvalue weighted by Crippen LogP contribution is -2.31. The number of nitrogens with one attached hydrogen (secondary N) is 1. The van der Waals surface area contributed by atoms with Gasteiger partial charge >= 0.3 is 0 Å². The maximum absolute atomic E-state index is 5.45. The van der Waals surface area contributed by atoms with E-state index in [1.165, 1.54) is 5.56 Å². The molecule has 1 aromatic heterocycles. The van der Waals surface area contributed by atoms with Crippen LogP contribution >= 0.6 is 0 Å². The van der Waals surface area contributed by atoms with E-state index in [1.807, 2.05) is 30.3 Å². The molecule has 3 aromatic rings. The molecule has 0 aliphatic heterocycles. The second-order valence-corrected chi connectivity index (χ2v) is 6.80. The molecule has 5 nitrogen and oxygen atoms in total. The van der Waals surface area contributed by atoms with E-state index in [4.69, 9.17) is 4.74 Å². The molecule has 1 heterocycles. The normalized spacial score (nSPS) is 10.7. The minimum Gasteiger partial charge on any atom is -0.495 e. The molecule has 0 atom stereocenters. The number of aryl methyl sites for hydroxylation is 1. The Hall–Kier alpha value is -3.08.